The average Bonchev–Trinajstić information content (AvgIpc) is 2.75. The first-order valence-electron chi connectivity index (χ1n) is 5.80. The third-order valence-electron chi connectivity index (χ3n) is 2.77. The fourth-order valence-corrected chi connectivity index (χ4v) is 1.75. The van der Waals surface area contributed by atoms with Crippen molar-refractivity contribution in [2.24, 2.45) is 7.05 Å². The van der Waals surface area contributed by atoms with E-state index in [2.05, 4.69) is 5.10 Å². The summed E-state index contributed by atoms with van der Waals surface area (Å²) >= 11 is 0. The first kappa shape index (κ1) is 12.9. The zero-order chi connectivity index (χ0) is 13.8. The van der Waals surface area contributed by atoms with Gasteiger partial charge >= 0.3 is 5.97 Å². The molecule has 0 bridgehead atoms. The Balaban J connectivity index is 2.05. The number of hydrogen-bond donors (Lipinski definition) is 2. The number of rotatable bonds is 5. The Labute approximate surface area is 110 Å². The zero-order valence-corrected chi connectivity index (χ0v) is 10.5. The Morgan fingerprint density at radius 1 is 1.47 bits per heavy atom. The van der Waals surface area contributed by atoms with Gasteiger partial charge in [0.2, 0.25) is 0 Å². The van der Waals surface area contributed by atoms with Crippen LogP contribution >= 0.6 is 0 Å². The number of carbonyl (C=O) groups is 1. The number of carboxylic acid groups (broad SMARTS) is 1. The Bertz CT molecular complexity index is 593. The SMILES string of the molecule is Cn1nccc1CCOc1cc(N)ccc1C(=O)O. The van der Waals surface area contributed by atoms with E-state index < -0.39 is 5.97 Å². The van der Waals surface area contributed by atoms with Gasteiger partial charge in [-0.15, -0.1) is 0 Å². The number of aryl methyl sites for hydroxylation is 1. The Morgan fingerprint density at radius 3 is 2.89 bits per heavy atom. The van der Waals surface area contributed by atoms with Crippen molar-refractivity contribution in [1.29, 1.82) is 0 Å². The second-order valence-corrected chi connectivity index (χ2v) is 4.11. The van der Waals surface area contributed by atoms with Crippen LogP contribution in [0.15, 0.2) is 30.5 Å². The molecule has 0 aliphatic rings. The summed E-state index contributed by atoms with van der Waals surface area (Å²) in [4.78, 5) is 11.0. The van der Waals surface area contributed by atoms with Gasteiger partial charge < -0.3 is 15.6 Å². The lowest BCUT2D eigenvalue weighted by molar-refractivity contribution is 0.0692. The van der Waals surface area contributed by atoms with Crippen LogP contribution in [0.5, 0.6) is 5.75 Å². The first-order chi connectivity index (χ1) is 9.08. The second kappa shape index (κ2) is 5.43. The molecule has 3 N–H and O–H groups in total. The molecular formula is C13H15N3O3. The van der Waals surface area contributed by atoms with E-state index >= 15 is 0 Å². The van der Waals surface area contributed by atoms with Gasteiger partial charge in [-0.05, 0) is 18.2 Å². The molecule has 0 aliphatic carbocycles. The number of benzene rings is 1. The highest BCUT2D eigenvalue weighted by atomic mass is 16.5. The first-order valence-corrected chi connectivity index (χ1v) is 5.80. The van der Waals surface area contributed by atoms with Crippen molar-refractivity contribution in [3.63, 3.8) is 0 Å². The number of nitrogens with zero attached hydrogens (tertiary/aromatic N) is 2. The number of nitrogens with two attached hydrogens (primary N) is 1. The smallest absolute Gasteiger partial charge is 0.339 e. The van der Waals surface area contributed by atoms with Gasteiger partial charge in [0.25, 0.3) is 0 Å². The number of carboxylic acids is 1. The predicted octanol–water partition coefficient (Wildman–Crippen LogP) is 1.32. The van der Waals surface area contributed by atoms with Crippen LogP contribution in [0.25, 0.3) is 0 Å². The molecule has 0 atom stereocenters. The van der Waals surface area contributed by atoms with E-state index in [0.717, 1.165) is 5.69 Å². The normalized spacial score (nSPS) is 10.4. The van der Waals surface area contributed by atoms with Gasteiger partial charge in [0.05, 0.1) is 6.61 Å². The van der Waals surface area contributed by atoms with Gasteiger partial charge in [-0.1, -0.05) is 0 Å². The molecule has 2 rings (SSSR count). The van der Waals surface area contributed by atoms with E-state index in [4.69, 9.17) is 15.6 Å². The van der Waals surface area contributed by atoms with Crippen molar-refractivity contribution >= 4 is 11.7 Å². The zero-order valence-electron chi connectivity index (χ0n) is 10.5. The van der Waals surface area contributed by atoms with Gasteiger partial charge in [-0.3, -0.25) is 4.68 Å². The van der Waals surface area contributed by atoms with Crippen molar-refractivity contribution in [2.75, 3.05) is 12.3 Å². The molecule has 0 fully saturated rings. The van der Waals surface area contributed by atoms with Crippen LogP contribution < -0.4 is 10.5 Å². The number of aromatic nitrogens is 2. The van der Waals surface area contributed by atoms with E-state index in [-0.39, 0.29) is 11.3 Å². The molecule has 0 radical (unpaired) electrons. The third kappa shape index (κ3) is 3.04. The van der Waals surface area contributed by atoms with Gasteiger partial charge in [0, 0.05) is 37.1 Å². The molecule has 0 unspecified atom stereocenters. The fourth-order valence-electron chi connectivity index (χ4n) is 1.75. The quantitative estimate of drug-likeness (QED) is 0.792. The van der Waals surface area contributed by atoms with Crippen LogP contribution in [-0.2, 0) is 13.5 Å². The molecule has 19 heavy (non-hydrogen) atoms. The van der Waals surface area contributed by atoms with E-state index in [1.807, 2.05) is 13.1 Å². The molecule has 1 heterocycles. The summed E-state index contributed by atoms with van der Waals surface area (Å²) in [6.45, 7) is 0.364. The maximum absolute atomic E-state index is 11.0. The standard InChI is InChI=1S/C13H15N3O3/c1-16-10(4-6-15-16)5-7-19-12-8-9(14)2-3-11(12)13(17)18/h2-4,6,8H,5,7,14H2,1H3,(H,17,18). The average molecular weight is 261 g/mol. The monoisotopic (exact) mass is 261 g/mol. The van der Waals surface area contributed by atoms with E-state index in [1.54, 1.807) is 10.9 Å². The molecule has 0 aliphatic heterocycles. The Kier molecular flexibility index (Phi) is 3.70. The van der Waals surface area contributed by atoms with E-state index in [0.29, 0.717) is 18.7 Å². The molecule has 1 aromatic carbocycles. The summed E-state index contributed by atoms with van der Waals surface area (Å²) in [6, 6.07) is 6.39. The minimum atomic E-state index is -1.03. The lowest BCUT2D eigenvalue weighted by Gasteiger charge is -2.10. The van der Waals surface area contributed by atoms with Crippen LogP contribution in [0, 0.1) is 0 Å². The largest absolute Gasteiger partial charge is 0.492 e. The highest BCUT2D eigenvalue weighted by molar-refractivity contribution is 5.91. The van der Waals surface area contributed by atoms with Gasteiger partial charge in [0.15, 0.2) is 0 Å². The predicted molar refractivity (Wildman–Crippen MR) is 70.2 cm³/mol. The molecule has 6 heteroatoms. The van der Waals surface area contributed by atoms with Crippen molar-refractivity contribution < 1.29 is 14.6 Å². The van der Waals surface area contributed by atoms with Gasteiger partial charge in [-0.25, -0.2) is 4.79 Å². The summed E-state index contributed by atoms with van der Waals surface area (Å²) in [6.07, 6.45) is 2.35. The van der Waals surface area contributed by atoms with Crippen LogP contribution in [0.1, 0.15) is 16.1 Å². The van der Waals surface area contributed by atoms with Crippen molar-refractivity contribution in [3.8, 4) is 5.75 Å². The van der Waals surface area contributed by atoms with Crippen LogP contribution in [0.3, 0.4) is 0 Å². The minimum Gasteiger partial charge on any atom is -0.492 e. The molecule has 6 nitrogen and oxygen atoms in total. The molecule has 0 amide bonds. The second-order valence-electron chi connectivity index (χ2n) is 4.11. The lowest BCUT2D eigenvalue weighted by Crippen LogP contribution is -2.09. The maximum atomic E-state index is 11.0. The highest BCUT2D eigenvalue weighted by Crippen LogP contribution is 2.22. The lowest BCUT2D eigenvalue weighted by atomic mass is 10.2. The highest BCUT2D eigenvalue weighted by Gasteiger charge is 2.11. The topological polar surface area (TPSA) is 90.4 Å². The molecule has 0 saturated heterocycles. The van der Waals surface area contributed by atoms with E-state index in [9.17, 15) is 4.79 Å². The van der Waals surface area contributed by atoms with Crippen LogP contribution in [-0.4, -0.2) is 27.5 Å². The molecule has 100 valence electrons. The Hall–Kier alpha value is -2.50. The van der Waals surface area contributed by atoms with Gasteiger partial charge in [0.1, 0.15) is 11.3 Å². The van der Waals surface area contributed by atoms with Crippen LogP contribution in [0.4, 0.5) is 5.69 Å². The van der Waals surface area contributed by atoms with Crippen molar-refractivity contribution in [1.82, 2.24) is 9.78 Å². The number of anilines is 1. The Morgan fingerprint density at radius 2 is 2.26 bits per heavy atom. The summed E-state index contributed by atoms with van der Waals surface area (Å²) in [5.41, 5.74) is 7.23. The number of hydrogen-bond acceptors (Lipinski definition) is 4. The molecule has 1 aromatic heterocycles. The van der Waals surface area contributed by atoms with Gasteiger partial charge in [-0.2, -0.15) is 5.10 Å². The minimum absolute atomic E-state index is 0.110. The summed E-state index contributed by atoms with van der Waals surface area (Å²) in [7, 11) is 1.85. The molecular weight excluding hydrogens is 246 g/mol. The van der Waals surface area contributed by atoms with E-state index in [1.165, 1.54) is 18.2 Å². The number of aromatic carboxylic acids is 1. The number of ether oxygens (including phenoxy) is 1. The maximum Gasteiger partial charge on any atom is 0.339 e. The van der Waals surface area contributed by atoms with Crippen LogP contribution in [0.2, 0.25) is 0 Å². The fraction of sp³-hybridized carbons (Fsp3) is 0.231. The summed E-state index contributed by atoms with van der Waals surface area (Å²) in [5.74, 6) is -0.745. The molecule has 2 aromatic rings. The summed E-state index contributed by atoms with van der Waals surface area (Å²) < 4.78 is 7.26. The van der Waals surface area contributed by atoms with Crippen molar-refractivity contribution in [2.45, 2.75) is 6.42 Å². The molecule has 0 spiro atoms. The molecule has 0 saturated carbocycles. The third-order valence-corrected chi connectivity index (χ3v) is 2.77. The van der Waals surface area contributed by atoms with Crippen molar-refractivity contribution in [3.05, 3.63) is 41.7 Å². The summed E-state index contributed by atoms with van der Waals surface area (Å²) in [5, 5.41) is 13.1. The number of nitrogen functional groups attached to an aromatic ring is 1.